The van der Waals surface area contributed by atoms with Crippen molar-refractivity contribution in [3.8, 4) is 0 Å². The molecule has 0 unspecified atom stereocenters. The molecule has 4 nitrogen and oxygen atoms in total. The molecule has 1 aromatic carbocycles. The van der Waals surface area contributed by atoms with Crippen molar-refractivity contribution in [2.75, 3.05) is 19.0 Å². The third kappa shape index (κ3) is 2.74. The normalized spacial score (nSPS) is 30.0. The molecule has 2 aliphatic carbocycles. The zero-order valence-electron chi connectivity index (χ0n) is 13.7. The summed E-state index contributed by atoms with van der Waals surface area (Å²) in [5.74, 6) is 0.842. The Morgan fingerprint density at radius 2 is 2.05 bits per heavy atom. The van der Waals surface area contributed by atoms with E-state index in [2.05, 4.69) is 22.4 Å². The minimum atomic E-state index is 0.0931. The maximum Gasteiger partial charge on any atom is 0.244 e. The largest absolute Gasteiger partial charge is 0.378 e. The van der Waals surface area contributed by atoms with Crippen LogP contribution >= 0.6 is 0 Å². The van der Waals surface area contributed by atoms with Gasteiger partial charge in [0, 0.05) is 25.7 Å². The van der Waals surface area contributed by atoms with Gasteiger partial charge < -0.3 is 4.90 Å². The molecule has 1 aromatic rings. The van der Waals surface area contributed by atoms with Gasteiger partial charge in [-0.25, -0.2) is 5.43 Å². The summed E-state index contributed by atoms with van der Waals surface area (Å²) >= 11 is 0. The second kappa shape index (κ2) is 5.75. The van der Waals surface area contributed by atoms with Crippen molar-refractivity contribution in [1.82, 2.24) is 5.43 Å². The first kappa shape index (κ1) is 15.1. The molecule has 0 aromatic heterocycles. The number of hydrogen-bond acceptors (Lipinski definition) is 3. The molecule has 0 aliphatic heterocycles. The average Bonchev–Trinajstić information content (AvgIpc) is 3.13. The lowest BCUT2D eigenvalue weighted by molar-refractivity contribution is -0.123. The number of nitrogens with zero attached hydrogens (tertiary/aromatic N) is 2. The van der Waals surface area contributed by atoms with Crippen molar-refractivity contribution in [2.45, 2.75) is 32.6 Å². The number of nitrogens with one attached hydrogen (secondary N) is 1. The molecule has 0 radical (unpaired) electrons. The van der Waals surface area contributed by atoms with Gasteiger partial charge in [0.25, 0.3) is 0 Å². The van der Waals surface area contributed by atoms with Crippen molar-refractivity contribution in [3.63, 3.8) is 0 Å². The number of rotatable bonds is 4. The number of hydrazone groups is 1. The highest BCUT2D eigenvalue weighted by Crippen LogP contribution is 2.66. The van der Waals surface area contributed by atoms with Gasteiger partial charge in [-0.2, -0.15) is 5.10 Å². The summed E-state index contributed by atoms with van der Waals surface area (Å²) in [4.78, 5) is 14.3. The van der Waals surface area contributed by atoms with Gasteiger partial charge in [0.1, 0.15) is 0 Å². The lowest BCUT2D eigenvalue weighted by Crippen LogP contribution is -2.22. The SMILES string of the molecule is CN(C)c1ccc(/C=N\NC(=O)[C@@H]2[C@H]3CCCC[C@@]32C)cc1. The Kier molecular flexibility index (Phi) is 3.94. The number of carbonyl (C=O) groups is 1. The molecule has 2 saturated carbocycles. The van der Waals surface area contributed by atoms with Crippen molar-refractivity contribution in [2.24, 2.45) is 22.4 Å². The van der Waals surface area contributed by atoms with E-state index in [9.17, 15) is 4.79 Å². The number of carbonyl (C=O) groups excluding carboxylic acids is 1. The molecule has 3 rings (SSSR count). The summed E-state index contributed by atoms with van der Waals surface area (Å²) in [6.45, 7) is 2.25. The lowest BCUT2D eigenvalue weighted by Gasteiger charge is -2.15. The van der Waals surface area contributed by atoms with Gasteiger partial charge in [-0.1, -0.05) is 31.9 Å². The molecular formula is C18H25N3O. The maximum absolute atomic E-state index is 12.3. The molecule has 2 aliphatic rings. The van der Waals surface area contributed by atoms with Gasteiger partial charge in [-0.3, -0.25) is 4.79 Å². The van der Waals surface area contributed by atoms with Crippen LogP contribution in [0.4, 0.5) is 5.69 Å². The Hall–Kier alpha value is -1.84. The van der Waals surface area contributed by atoms with Crippen molar-refractivity contribution >= 4 is 17.8 Å². The smallest absolute Gasteiger partial charge is 0.244 e. The number of benzene rings is 1. The highest BCUT2D eigenvalue weighted by atomic mass is 16.2. The summed E-state index contributed by atoms with van der Waals surface area (Å²) < 4.78 is 0. The van der Waals surface area contributed by atoms with E-state index in [1.165, 1.54) is 25.7 Å². The summed E-state index contributed by atoms with van der Waals surface area (Å²) in [7, 11) is 4.03. The molecule has 0 heterocycles. The standard InChI is InChI=1S/C18H25N3O/c1-18-11-5-4-6-15(18)16(18)17(22)20-19-12-13-7-9-14(10-8-13)21(2)3/h7-10,12,15-16H,4-6,11H2,1-3H3,(H,20,22)/b19-12-/t15-,16+,18+/m1/s1. The Morgan fingerprint density at radius 3 is 2.64 bits per heavy atom. The molecule has 0 saturated heterocycles. The third-order valence-electron chi connectivity index (χ3n) is 5.41. The predicted molar refractivity (Wildman–Crippen MR) is 90.1 cm³/mol. The Bertz CT molecular complexity index is 578. The molecule has 1 amide bonds. The Labute approximate surface area is 132 Å². The first-order valence-corrected chi connectivity index (χ1v) is 8.13. The highest BCUT2D eigenvalue weighted by molar-refractivity contribution is 5.86. The van der Waals surface area contributed by atoms with Gasteiger partial charge in [-0.05, 0) is 41.9 Å². The Morgan fingerprint density at radius 1 is 1.32 bits per heavy atom. The molecule has 118 valence electrons. The van der Waals surface area contributed by atoms with Gasteiger partial charge in [-0.15, -0.1) is 0 Å². The van der Waals surface area contributed by atoms with Crippen molar-refractivity contribution < 1.29 is 4.79 Å². The van der Waals surface area contributed by atoms with E-state index in [1.807, 2.05) is 38.4 Å². The summed E-state index contributed by atoms with van der Waals surface area (Å²) in [5.41, 5.74) is 5.11. The molecule has 2 fully saturated rings. The fraction of sp³-hybridized carbons (Fsp3) is 0.556. The zero-order valence-corrected chi connectivity index (χ0v) is 13.7. The van der Waals surface area contributed by atoms with E-state index in [4.69, 9.17) is 0 Å². The van der Waals surface area contributed by atoms with E-state index in [0.29, 0.717) is 5.92 Å². The first-order valence-electron chi connectivity index (χ1n) is 8.13. The van der Waals surface area contributed by atoms with Crippen LogP contribution in [0.3, 0.4) is 0 Å². The van der Waals surface area contributed by atoms with Crippen molar-refractivity contribution in [3.05, 3.63) is 29.8 Å². The predicted octanol–water partition coefficient (Wildman–Crippen LogP) is 3.03. The second-order valence-corrected chi connectivity index (χ2v) is 7.06. The third-order valence-corrected chi connectivity index (χ3v) is 5.41. The van der Waals surface area contributed by atoms with E-state index in [0.717, 1.165) is 11.3 Å². The van der Waals surface area contributed by atoms with Crippen LogP contribution in [0.1, 0.15) is 38.2 Å². The van der Waals surface area contributed by atoms with Gasteiger partial charge in [0.15, 0.2) is 0 Å². The van der Waals surface area contributed by atoms with Crippen LogP contribution in [0, 0.1) is 17.3 Å². The zero-order chi connectivity index (χ0) is 15.7. The van der Waals surface area contributed by atoms with E-state index in [1.54, 1.807) is 6.21 Å². The second-order valence-electron chi connectivity index (χ2n) is 7.06. The average molecular weight is 299 g/mol. The fourth-order valence-corrected chi connectivity index (χ4v) is 3.95. The monoisotopic (exact) mass is 299 g/mol. The van der Waals surface area contributed by atoms with Crippen LogP contribution in [0.25, 0.3) is 0 Å². The molecule has 0 bridgehead atoms. The van der Waals surface area contributed by atoms with E-state index < -0.39 is 0 Å². The van der Waals surface area contributed by atoms with E-state index in [-0.39, 0.29) is 17.2 Å². The molecule has 0 spiro atoms. The molecule has 1 N–H and O–H groups in total. The van der Waals surface area contributed by atoms with Gasteiger partial charge >= 0.3 is 0 Å². The minimum absolute atomic E-state index is 0.0931. The van der Waals surface area contributed by atoms with Crippen LogP contribution in [0.5, 0.6) is 0 Å². The molecule has 22 heavy (non-hydrogen) atoms. The van der Waals surface area contributed by atoms with Gasteiger partial charge in [0.05, 0.1) is 6.21 Å². The van der Waals surface area contributed by atoms with Crippen LogP contribution in [0.2, 0.25) is 0 Å². The number of fused-ring (bicyclic) bond motifs is 1. The van der Waals surface area contributed by atoms with Crippen LogP contribution < -0.4 is 10.3 Å². The van der Waals surface area contributed by atoms with E-state index >= 15 is 0 Å². The minimum Gasteiger partial charge on any atom is -0.378 e. The summed E-state index contributed by atoms with van der Waals surface area (Å²) in [6.07, 6.45) is 6.63. The van der Waals surface area contributed by atoms with Crippen LogP contribution in [-0.2, 0) is 4.79 Å². The number of anilines is 1. The Balaban J connectivity index is 1.55. The topological polar surface area (TPSA) is 44.7 Å². The van der Waals surface area contributed by atoms with Crippen molar-refractivity contribution in [1.29, 1.82) is 0 Å². The summed E-state index contributed by atoms with van der Waals surface area (Å²) in [5, 5.41) is 4.13. The molecular weight excluding hydrogens is 274 g/mol. The van der Waals surface area contributed by atoms with Gasteiger partial charge in [0.2, 0.25) is 5.91 Å². The lowest BCUT2D eigenvalue weighted by atomic mass is 9.90. The van der Waals surface area contributed by atoms with Crippen LogP contribution in [0.15, 0.2) is 29.4 Å². The molecule has 4 heteroatoms. The number of hydrogen-bond donors (Lipinski definition) is 1. The fourth-order valence-electron chi connectivity index (χ4n) is 3.95. The quantitative estimate of drug-likeness (QED) is 0.686. The molecule has 3 atom stereocenters. The highest BCUT2D eigenvalue weighted by Gasteiger charge is 2.64. The number of amides is 1. The maximum atomic E-state index is 12.3. The first-order chi connectivity index (χ1) is 10.5. The summed E-state index contributed by atoms with van der Waals surface area (Å²) in [6, 6.07) is 8.09. The van der Waals surface area contributed by atoms with Crippen LogP contribution in [-0.4, -0.2) is 26.2 Å².